The summed E-state index contributed by atoms with van der Waals surface area (Å²) in [5.74, 6) is 1.61. The number of anilines is 1. The Kier molecular flexibility index (Phi) is 8.02. The Labute approximate surface area is 168 Å². The summed E-state index contributed by atoms with van der Waals surface area (Å²) in [4.78, 5) is 18.7. The minimum atomic E-state index is 0.549. The number of rotatable bonds is 12. The van der Waals surface area contributed by atoms with Crippen molar-refractivity contribution in [3.8, 4) is 5.75 Å². The van der Waals surface area contributed by atoms with Gasteiger partial charge in [0.25, 0.3) is 0 Å². The highest BCUT2D eigenvalue weighted by Crippen LogP contribution is 2.24. The van der Waals surface area contributed by atoms with Gasteiger partial charge in [-0.25, -0.2) is 14.7 Å². The molecular weight excluding hydrogens is 374 g/mol. The van der Waals surface area contributed by atoms with E-state index < -0.39 is 0 Å². The highest BCUT2D eigenvalue weighted by molar-refractivity contribution is 7.95. The van der Waals surface area contributed by atoms with Crippen LogP contribution < -0.4 is 14.8 Å². The van der Waals surface area contributed by atoms with E-state index in [1.54, 1.807) is 6.33 Å². The monoisotopic (exact) mass is 397 g/mol. The number of hydrogen-bond acceptors (Lipinski definition) is 8. The zero-order valence-corrected chi connectivity index (χ0v) is 16.3. The molecule has 0 unspecified atom stereocenters. The highest BCUT2D eigenvalue weighted by atomic mass is 32.2. The van der Waals surface area contributed by atoms with Crippen molar-refractivity contribution in [2.45, 2.75) is 19.3 Å². The van der Waals surface area contributed by atoms with Crippen molar-refractivity contribution >= 4 is 28.9 Å². The van der Waals surface area contributed by atoms with Gasteiger partial charge >= 0.3 is 0 Å². The van der Waals surface area contributed by atoms with Crippen LogP contribution in [-0.4, -0.2) is 29.7 Å². The number of ether oxygens (including phenoxy) is 1. The van der Waals surface area contributed by atoms with Crippen LogP contribution >= 0.6 is 12.1 Å². The number of fused-ring (bicyclic) bond motifs is 1. The Morgan fingerprint density at radius 2 is 1.93 bits per heavy atom. The topological polar surface area (TPSA) is 88.5 Å². The Balaban J connectivity index is 1.50. The number of nitroso groups, excluding NO2 is 1. The van der Waals surface area contributed by atoms with E-state index in [1.165, 1.54) is 5.56 Å². The maximum atomic E-state index is 9.96. The Hall–Kier alpha value is -2.71. The molecular formula is C20H23N5O2S. The van der Waals surface area contributed by atoms with E-state index in [9.17, 15) is 4.91 Å². The molecule has 0 atom stereocenters. The van der Waals surface area contributed by atoms with Gasteiger partial charge in [0.05, 0.1) is 12.1 Å². The van der Waals surface area contributed by atoms with Gasteiger partial charge in [-0.15, -0.1) is 4.91 Å². The average molecular weight is 398 g/mol. The van der Waals surface area contributed by atoms with Gasteiger partial charge < -0.3 is 10.1 Å². The molecule has 8 heteroatoms. The van der Waals surface area contributed by atoms with Crippen molar-refractivity contribution in [3.63, 3.8) is 0 Å². The lowest BCUT2D eigenvalue weighted by Gasteiger charge is -2.10. The third-order valence-electron chi connectivity index (χ3n) is 4.18. The fourth-order valence-corrected chi connectivity index (χ4v) is 3.11. The Morgan fingerprint density at radius 3 is 2.79 bits per heavy atom. The van der Waals surface area contributed by atoms with E-state index in [0.717, 1.165) is 60.4 Å². The molecule has 0 spiro atoms. The second-order valence-corrected chi connectivity index (χ2v) is 6.80. The van der Waals surface area contributed by atoms with Gasteiger partial charge in [-0.1, -0.05) is 30.3 Å². The summed E-state index contributed by atoms with van der Waals surface area (Å²) in [5, 5.41) is 4.39. The number of benzene rings is 2. The predicted octanol–water partition coefficient (Wildman–Crippen LogP) is 4.36. The lowest BCUT2D eigenvalue weighted by atomic mass is 10.1. The van der Waals surface area contributed by atoms with Crippen LogP contribution in [0.4, 0.5) is 5.82 Å². The molecule has 2 aromatic carbocycles. The van der Waals surface area contributed by atoms with E-state index in [0.29, 0.717) is 13.2 Å². The zero-order valence-electron chi connectivity index (χ0n) is 15.5. The largest absolute Gasteiger partial charge is 0.493 e. The van der Waals surface area contributed by atoms with E-state index in [-0.39, 0.29) is 0 Å². The van der Waals surface area contributed by atoms with Crippen molar-refractivity contribution in [1.82, 2.24) is 14.7 Å². The minimum absolute atomic E-state index is 0.549. The first-order chi connectivity index (χ1) is 13.9. The van der Waals surface area contributed by atoms with Gasteiger partial charge in [0, 0.05) is 29.1 Å². The molecule has 3 rings (SSSR count). The summed E-state index contributed by atoms with van der Waals surface area (Å²) in [6, 6.07) is 16.3. The molecule has 3 aromatic rings. The van der Waals surface area contributed by atoms with E-state index in [4.69, 9.17) is 4.74 Å². The van der Waals surface area contributed by atoms with Gasteiger partial charge in [0.2, 0.25) is 0 Å². The smallest absolute Gasteiger partial charge is 0.137 e. The summed E-state index contributed by atoms with van der Waals surface area (Å²) in [6.45, 7) is 2.05. The van der Waals surface area contributed by atoms with Gasteiger partial charge in [0.15, 0.2) is 0 Å². The maximum absolute atomic E-state index is 9.96. The van der Waals surface area contributed by atoms with Gasteiger partial charge in [-0.3, -0.25) is 0 Å². The fourth-order valence-electron chi connectivity index (χ4n) is 2.82. The number of aryl methyl sites for hydroxylation is 1. The van der Waals surface area contributed by atoms with E-state index in [1.807, 2.05) is 24.3 Å². The third-order valence-corrected chi connectivity index (χ3v) is 4.59. The van der Waals surface area contributed by atoms with Crippen molar-refractivity contribution in [3.05, 3.63) is 65.3 Å². The maximum Gasteiger partial charge on any atom is 0.137 e. The van der Waals surface area contributed by atoms with Crippen LogP contribution in [-0.2, 0) is 6.42 Å². The van der Waals surface area contributed by atoms with Crippen LogP contribution in [0.1, 0.15) is 18.4 Å². The molecule has 0 aliphatic rings. The molecule has 2 N–H and O–H groups in total. The summed E-state index contributed by atoms with van der Waals surface area (Å²) < 4.78 is 11.2. The van der Waals surface area contributed by atoms with Crippen molar-refractivity contribution < 1.29 is 4.74 Å². The van der Waals surface area contributed by atoms with Crippen LogP contribution in [0.15, 0.2) is 59.4 Å². The van der Waals surface area contributed by atoms with Gasteiger partial charge in [-0.2, -0.15) is 0 Å². The summed E-state index contributed by atoms with van der Waals surface area (Å²) in [7, 11) is 0. The van der Waals surface area contributed by atoms with Crippen LogP contribution in [0.25, 0.3) is 10.9 Å². The van der Waals surface area contributed by atoms with Crippen LogP contribution in [0.5, 0.6) is 5.75 Å². The van der Waals surface area contributed by atoms with E-state index in [2.05, 4.69) is 48.9 Å². The summed E-state index contributed by atoms with van der Waals surface area (Å²) in [5.41, 5.74) is 2.19. The Morgan fingerprint density at radius 1 is 1.04 bits per heavy atom. The highest BCUT2D eigenvalue weighted by Gasteiger charge is 2.05. The van der Waals surface area contributed by atoms with Gasteiger partial charge in [0.1, 0.15) is 30.0 Å². The third kappa shape index (κ3) is 6.17. The first kappa shape index (κ1) is 20.0. The molecule has 0 bridgehead atoms. The van der Waals surface area contributed by atoms with Crippen LogP contribution in [0, 0.1) is 4.91 Å². The normalized spacial score (nSPS) is 10.7. The zero-order chi connectivity index (χ0) is 19.4. The lowest BCUT2D eigenvalue weighted by molar-refractivity contribution is 0.312. The molecule has 146 valence electrons. The summed E-state index contributed by atoms with van der Waals surface area (Å²) in [6.07, 6.45) is 4.41. The molecule has 0 fully saturated rings. The molecule has 0 radical (unpaired) electrons. The second-order valence-electron chi connectivity index (χ2n) is 6.18. The molecule has 0 saturated carbocycles. The average Bonchev–Trinajstić information content (AvgIpc) is 2.74. The molecule has 1 aromatic heterocycles. The standard InChI is InChI=1S/C20H23N5O2S/c26-25-28-24-12-5-13-27-17-9-10-18-19(14-17)22-15-23-20(18)21-11-4-8-16-6-2-1-3-7-16/h1-3,6-7,9-10,14-15,24H,4-5,8,11-13H2,(H,21,22,23). The molecule has 0 saturated heterocycles. The van der Waals surface area contributed by atoms with Crippen molar-refractivity contribution in [1.29, 1.82) is 0 Å². The number of nitrogens with zero attached hydrogens (tertiary/aromatic N) is 3. The van der Waals surface area contributed by atoms with Crippen molar-refractivity contribution in [2.24, 2.45) is 4.58 Å². The molecule has 28 heavy (non-hydrogen) atoms. The lowest BCUT2D eigenvalue weighted by Crippen LogP contribution is -2.09. The minimum Gasteiger partial charge on any atom is -0.493 e. The number of nitrogens with one attached hydrogen (secondary N) is 2. The fraction of sp³-hybridized carbons (Fsp3) is 0.300. The number of hydrogen-bond donors (Lipinski definition) is 2. The quantitative estimate of drug-likeness (QED) is 0.267. The first-order valence-corrected chi connectivity index (χ1v) is 10.0. The van der Waals surface area contributed by atoms with Crippen LogP contribution in [0.3, 0.4) is 0 Å². The molecule has 0 aliphatic heterocycles. The predicted molar refractivity (Wildman–Crippen MR) is 114 cm³/mol. The van der Waals surface area contributed by atoms with Crippen molar-refractivity contribution in [2.75, 3.05) is 25.0 Å². The Bertz CT molecular complexity index is 879. The SMILES string of the molecule is O=NSNCCCOc1ccc2c(NCCCc3ccccc3)ncnc2c1. The number of aromatic nitrogens is 2. The molecule has 0 aliphatic carbocycles. The second kappa shape index (κ2) is 11.2. The van der Waals surface area contributed by atoms with Gasteiger partial charge in [-0.05, 0) is 37.0 Å². The molecule has 1 heterocycles. The van der Waals surface area contributed by atoms with Crippen LogP contribution in [0.2, 0.25) is 0 Å². The molecule has 7 nitrogen and oxygen atoms in total. The van der Waals surface area contributed by atoms with E-state index >= 15 is 0 Å². The first-order valence-electron chi connectivity index (χ1n) is 9.24. The molecule has 0 amide bonds. The summed E-state index contributed by atoms with van der Waals surface area (Å²) >= 11 is 0.804.